The molecule has 0 fully saturated rings. The molecule has 2 heteroatoms. The van der Waals surface area contributed by atoms with Gasteiger partial charge in [0.05, 0.1) is 5.25 Å². The molecule has 0 aromatic heterocycles. The van der Waals surface area contributed by atoms with Crippen LogP contribution < -0.4 is 0 Å². The Hall–Kier alpha value is -1.80. The molecule has 1 nitrogen and oxygen atoms in total. The number of ketones is 1. The standard InChI is InChI=1S/C18H18OS/c1-3-7-17(18(19)15-8-5-4-6-9-15)20-16-12-10-14(2)11-13-16/h3-6,8-13,17H,1,7H2,2H3. The maximum absolute atomic E-state index is 12.5. The summed E-state index contributed by atoms with van der Waals surface area (Å²) in [4.78, 5) is 13.7. The second kappa shape index (κ2) is 7.11. The Morgan fingerprint density at radius 1 is 1.15 bits per heavy atom. The Bertz CT molecular complexity index is 572. The SMILES string of the molecule is C=CCC(Sc1ccc(C)cc1)C(=O)c1ccccc1. The minimum atomic E-state index is -0.113. The van der Waals surface area contributed by atoms with E-state index in [1.165, 1.54) is 5.56 Å². The molecular formula is C18H18OS. The summed E-state index contributed by atoms with van der Waals surface area (Å²) in [6, 6.07) is 17.7. The fourth-order valence-corrected chi connectivity index (χ4v) is 3.03. The van der Waals surface area contributed by atoms with Crippen molar-refractivity contribution in [3.63, 3.8) is 0 Å². The molecule has 0 saturated heterocycles. The molecule has 0 bridgehead atoms. The molecule has 0 saturated carbocycles. The van der Waals surface area contributed by atoms with Gasteiger partial charge in [-0.2, -0.15) is 0 Å². The van der Waals surface area contributed by atoms with Crippen LogP contribution in [-0.4, -0.2) is 11.0 Å². The maximum Gasteiger partial charge on any atom is 0.176 e. The lowest BCUT2D eigenvalue weighted by atomic mass is 10.1. The van der Waals surface area contributed by atoms with E-state index in [2.05, 4.69) is 37.8 Å². The first-order chi connectivity index (χ1) is 9.70. The summed E-state index contributed by atoms with van der Waals surface area (Å²) in [5.41, 5.74) is 1.99. The normalized spacial score (nSPS) is 11.8. The highest BCUT2D eigenvalue weighted by atomic mass is 32.2. The number of hydrogen-bond acceptors (Lipinski definition) is 2. The molecule has 1 unspecified atom stereocenters. The minimum absolute atomic E-state index is 0.113. The van der Waals surface area contributed by atoms with Crippen molar-refractivity contribution >= 4 is 17.5 Å². The summed E-state index contributed by atoms with van der Waals surface area (Å²) in [6.45, 7) is 5.83. The van der Waals surface area contributed by atoms with Gasteiger partial charge in [0, 0.05) is 10.5 Å². The average molecular weight is 282 g/mol. The van der Waals surface area contributed by atoms with Gasteiger partial charge >= 0.3 is 0 Å². The predicted octanol–water partition coefficient (Wildman–Crippen LogP) is 4.91. The molecule has 20 heavy (non-hydrogen) atoms. The van der Waals surface area contributed by atoms with Gasteiger partial charge in [-0.05, 0) is 25.5 Å². The van der Waals surface area contributed by atoms with Crippen molar-refractivity contribution in [1.29, 1.82) is 0 Å². The Kier molecular flexibility index (Phi) is 5.19. The number of rotatable bonds is 6. The molecule has 0 N–H and O–H groups in total. The molecule has 2 aromatic carbocycles. The molecule has 0 radical (unpaired) electrons. The van der Waals surface area contributed by atoms with Crippen molar-refractivity contribution in [3.05, 3.63) is 78.4 Å². The topological polar surface area (TPSA) is 17.1 Å². The third-order valence-electron chi connectivity index (χ3n) is 3.03. The summed E-state index contributed by atoms with van der Waals surface area (Å²) in [5, 5.41) is -0.113. The first-order valence-corrected chi connectivity index (χ1v) is 7.52. The van der Waals surface area contributed by atoms with E-state index in [0.29, 0.717) is 6.42 Å². The van der Waals surface area contributed by atoms with Gasteiger partial charge in [0.15, 0.2) is 5.78 Å². The highest BCUT2D eigenvalue weighted by Gasteiger charge is 2.19. The first-order valence-electron chi connectivity index (χ1n) is 6.64. The third-order valence-corrected chi connectivity index (χ3v) is 4.27. The second-order valence-electron chi connectivity index (χ2n) is 4.67. The fourth-order valence-electron chi connectivity index (χ4n) is 1.93. The molecule has 0 spiro atoms. The van der Waals surface area contributed by atoms with E-state index in [-0.39, 0.29) is 11.0 Å². The number of benzene rings is 2. The van der Waals surface area contributed by atoms with Gasteiger partial charge < -0.3 is 0 Å². The monoisotopic (exact) mass is 282 g/mol. The smallest absolute Gasteiger partial charge is 0.176 e. The van der Waals surface area contributed by atoms with Crippen LogP contribution in [0, 0.1) is 6.92 Å². The van der Waals surface area contributed by atoms with E-state index < -0.39 is 0 Å². The van der Waals surface area contributed by atoms with Crippen molar-refractivity contribution in [2.24, 2.45) is 0 Å². The number of hydrogen-bond donors (Lipinski definition) is 0. The molecule has 0 heterocycles. The Labute approximate surface area is 124 Å². The van der Waals surface area contributed by atoms with Crippen molar-refractivity contribution in [2.75, 3.05) is 0 Å². The van der Waals surface area contributed by atoms with Gasteiger partial charge in [0.25, 0.3) is 0 Å². The molecule has 1 atom stereocenters. The molecule has 2 aromatic rings. The van der Waals surface area contributed by atoms with Gasteiger partial charge in [0.2, 0.25) is 0 Å². The maximum atomic E-state index is 12.5. The van der Waals surface area contributed by atoms with Crippen molar-refractivity contribution in [3.8, 4) is 0 Å². The van der Waals surface area contributed by atoms with Crippen molar-refractivity contribution < 1.29 is 4.79 Å². The Morgan fingerprint density at radius 3 is 2.40 bits per heavy atom. The zero-order chi connectivity index (χ0) is 14.4. The number of aryl methyl sites for hydroxylation is 1. The van der Waals surface area contributed by atoms with Crippen LogP contribution in [-0.2, 0) is 0 Å². The zero-order valence-corrected chi connectivity index (χ0v) is 12.4. The van der Waals surface area contributed by atoms with E-state index in [9.17, 15) is 4.79 Å². The summed E-state index contributed by atoms with van der Waals surface area (Å²) in [6.07, 6.45) is 2.49. The highest BCUT2D eigenvalue weighted by Crippen LogP contribution is 2.28. The van der Waals surface area contributed by atoms with Crippen molar-refractivity contribution in [1.82, 2.24) is 0 Å². The highest BCUT2D eigenvalue weighted by molar-refractivity contribution is 8.00. The molecule has 0 aliphatic heterocycles. The molecule has 0 amide bonds. The average Bonchev–Trinajstić information content (AvgIpc) is 2.49. The van der Waals surface area contributed by atoms with Gasteiger partial charge in [-0.15, -0.1) is 18.3 Å². The van der Waals surface area contributed by atoms with Crippen LogP contribution in [0.4, 0.5) is 0 Å². The molecule has 102 valence electrons. The number of thioether (sulfide) groups is 1. The quantitative estimate of drug-likeness (QED) is 0.425. The summed E-state index contributed by atoms with van der Waals surface area (Å²) in [7, 11) is 0. The molecule has 0 aliphatic carbocycles. The van der Waals surface area contributed by atoms with E-state index in [1.54, 1.807) is 11.8 Å². The lowest BCUT2D eigenvalue weighted by Crippen LogP contribution is -2.16. The van der Waals surface area contributed by atoms with Crippen LogP contribution in [0.1, 0.15) is 22.3 Å². The van der Waals surface area contributed by atoms with Crippen LogP contribution in [0.2, 0.25) is 0 Å². The Balaban J connectivity index is 2.16. The molecular weight excluding hydrogens is 264 g/mol. The van der Waals surface area contributed by atoms with Gasteiger partial charge in [-0.1, -0.05) is 54.1 Å². The number of carbonyl (C=O) groups excluding carboxylic acids is 1. The van der Waals surface area contributed by atoms with Crippen molar-refractivity contribution in [2.45, 2.75) is 23.5 Å². The Morgan fingerprint density at radius 2 is 1.80 bits per heavy atom. The van der Waals surface area contributed by atoms with Crippen LogP contribution in [0.5, 0.6) is 0 Å². The summed E-state index contributed by atoms with van der Waals surface area (Å²) < 4.78 is 0. The largest absolute Gasteiger partial charge is 0.293 e. The van der Waals surface area contributed by atoms with Crippen LogP contribution in [0.3, 0.4) is 0 Å². The van der Waals surface area contributed by atoms with Crippen LogP contribution >= 0.6 is 11.8 Å². The van der Waals surface area contributed by atoms with E-state index >= 15 is 0 Å². The third kappa shape index (κ3) is 3.84. The first kappa shape index (κ1) is 14.6. The number of allylic oxidation sites excluding steroid dienone is 1. The van der Waals surface area contributed by atoms with Gasteiger partial charge in [-0.25, -0.2) is 0 Å². The molecule has 2 rings (SSSR count). The van der Waals surface area contributed by atoms with Gasteiger partial charge in [0.1, 0.15) is 0 Å². The number of carbonyl (C=O) groups is 1. The fraction of sp³-hybridized carbons (Fsp3) is 0.167. The molecule has 0 aliphatic rings. The van der Waals surface area contributed by atoms with E-state index in [4.69, 9.17) is 0 Å². The summed E-state index contributed by atoms with van der Waals surface area (Å²) >= 11 is 1.60. The number of Topliss-reactive ketones (excluding diaryl/α,β-unsaturated/α-hetero) is 1. The van der Waals surface area contributed by atoms with Gasteiger partial charge in [-0.3, -0.25) is 4.79 Å². The minimum Gasteiger partial charge on any atom is -0.293 e. The second-order valence-corrected chi connectivity index (χ2v) is 5.95. The van der Waals surface area contributed by atoms with E-state index in [0.717, 1.165) is 10.5 Å². The van der Waals surface area contributed by atoms with Crippen LogP contribution in [0.25, 0.3) is 0 Å². The van der Waals surface area contributed by atoms with Crippen LogP contribution in [0.15, 0.2) is 72.1 Å². The predicted molar refractivity (Wildman–Crippen MR) is 86.4 cm³/mol. The van der Waals surface area contributed by atoms with E-state index in [1.807, 2.05) is 36.4 Å². The lowest BCUT2D eigenvalue weighted by molar-refractivity contribution is 0.0990. The zero-order valence-electron chi connectivity index (χ0n) is 11.6. The lowest BCUT2D eigenvalue weighted by Gasteiger charge is -2.14. The summed E-state index contributed by atoms with van der Waals surface area (Å²) in [5.74, 6) is 0.163.